The molecule has 1 heterocycles. The number of benzene rings is 6. The summed E-state index contributed by atoms with van der Waals surface area (Å²) >= 11 is 0. The minimum Gasteiger partial charge on any atom is -0.454 e. The van der Waals surface area contributed by atoms with Crippen LogP contribution in [0, 0.1) is 5.92 Å². The lowest BCUT2D eigenvalue weighted by molar-refractivity contribution is 0.380. The molecule has 1 atom stereocenters. The van der Waals surface area contributed by atoms with Crippen molar-refractivity contribution in [1.82, 2.24) is 0 Å². The zero-order valence-electron chi connectivity index (χ0n) is 27.3. The molecular weight excluding hydrogens is 571 g/mol. The minimum atomic E-state index is -0.0567. The number of nitrogens with zero attached hydrogens (tertiary/aromatic N) is 1. The van der Waals surface area contributed by atoms with Gasteiger partial charge in [-0.3, -0.25) is 0 Å². The van der Waals surface area contributed by atoms with Gasteiger partial charge in [0.05, 0.1) is 11.4 Å². The van der Waals surface area contributed by atoms with Crippen molar-refractivity contribution in [3.8, 4) is 11.1 Å². The second-order valence-corrected chi connectivity index (χ2v) is 13.2. The third-order valence-corrected chi connectivity index (χ3v) is 10.2. The van der Waals surface area contributed by atoms with Gasteiger partial charge in [0.25, 0.3) is 0 Å². The summed E-state index contributed by atoms with van der Waals surface area (Å²) in [6.45, 7) is 7.09. The summed E-state index contributed by atoms with van der Waals surface area (Å²) < 4.78 is 6.69. The van der Waals surface area contributed by atoms with Crippen LogP contribution < -0.4 is 4.90 Å². The molecule has 1 unspecified atom stereocenters. The molecule has 1 aromatic heterocycles. The Hall–Kier alpha value is -5.34. The molecule has 0 amide bonds. The van der Waals surface area contributed by atoms with E-state index in [1.807, 2.05) is 6.07 Å². The highest BCUT2D eigenvalue weighted by molar-refractivity contribution is 6.12. The van der Waals surface area contributed by atoms with E-state index in [9.17, 15) is 0 Å². The van der Waals surface area contributed by atoms with E-state index in [4.69, 9.17) is 4.42 Å². The number of para-hydroxylation sites is 2. The second-order valence-electron chi connectivity index (χ2n) is 13.2. The summed E-state index contributed by atoms with van der Waals surface area (Å²) in [6, 6.07) is 46.1. The highest BCUT2D eigenvalue weighted by Crippen LogP contribution is 2.47. The fourth-order valence-corrected chi connectivity index (χ4v) is 7.59. The second kappa shape index (κ2) is 11.8. The summed E-state index contributed by atoms with van der Waals surface area (Å²) in [7, 11) is 0. The van der Waals surface area contributed by atoms with Crippen molar-refractivity contribution in [1.29, 1.82) is 0 Å². The molecule has 0 radical (unpaired) electrons. The van der Waals surface area contributed by atoms with Crippen LogP contribution in [-0.2, 0) is 11.8 Å². The number of allylic oxidation sites excluding steroid dienone is 4. The third-order valence-electron chi connectivity index (χ3n) is 10.2. The van der Waals surface area contributed by atoms with Gasteiger partial charge in [-0.05, 0) is 82.1 Å². The van der Waals surface area contributed by atoms with E-state index in [-0.39, 0.29) is 5.41 Å². The van der Waals surface area contributed by atoms with Gasteiger partial charge in [-0.15, -0.1) is 0 Å². The maximum atomic E-state index is 6.69. The van der Waals surface area contributed by atoms with Crippen LogP contribution in [0.5, 0.6) is 0 Å². The molecule has 0 spiro atoms. The zero-order valence-corrected chi connectivity index (χ0v) is 27.3. The van der Waals surface area contributed by atoms with Gasteiger partial charge in [-0.1, -0.05) is 142 Å². The molecule has 6 aromatic carbocycles. The van der Waals surface area contributed by atoms with Crippen LogP contribution in [0.1, 0.15) is 38.3 Å². The maximum absolute atomic E-state index is 6.69. The Morgan fingerprint density at radius 2 is 1.43 bits per heavy atom. The number of anilines is 3. The quantitative estimate of drug-likeness (QED) is 0.179. The van der Waals surface area contributed by atoms with Gasteiger partial charge in [0.15, 0.2) is 5.58 Å². The highest BCUT2D eigenvalue weighted by Gasteiger charge is 2.32. The number of furan rings is 1. The number of hydrogen-bond acceptors (Lipinski definition) is 2. The first-order valence-electron chi connectivity index (χ1n) is 16.8. The summed E-state index contributed by atoms with van der Waals surface area (Å²) in [5, 5.41) is 4.68. The van der Waals surface area contributed by atoms with E-state index in [0.29, 0.717) is 5.92 Å². The molecule has 1 aliphatic rings. The van der Waals surface area contributed by atoms with E-state index in [1.165, 1.54) is 33.0 Å². The first-order valence-corrected chi connectivity index (χ1v) is 16.8. The van der Waals surface area contributed by atoms with Crippen molar-refractivity contribution in [2.75, 3.05) is 4.90 Å². The summed E-state index contributed by atoms with van der Waals surface area (Å²) in [6.07, 6.45) is 11.1. The van der Waals surface area contributed by atoms with Gasteiger partial charge in [-0.25, -0.2) is 0 Å². The van der Waals surface area contributed by atoms with Crippen LogP contribution in [-0.4, -0.2) is 0 Å². The Morgan fingerprint density at radius 3 is 2.21 bits per heavy atom. The summed E-state index contributed by atoms with van der Waals surface area (Å²) in [5.74, 6) is 0.422. The van der Waals surface area contributed by atoms with Gasteiger partial charge >= 0.3 is 0 Å². The van der Waals surface area contributed by atoms with Gasteiger partial charge in [0, 0.05) is 21.8 Å². The lowest BCUT2D eigenvalue weighted by atomic mass is 9.69. The lowest BCUT2D eigenvalue weighted by Crippen LogP contribution is -2.29. The molecule has 0 bridgehead atoms. The van der Waals surface area contributed by atoms with Crippen LogP contribution in [0.3, 0.4) is 0 Å². The number of hydrogen-bond donors (Lipinski definition) is 0. The average Bonchev–Trinajstić information content (AvgIpc) is 3.52. The van der Waals surface area contributed by atoms with E-state index >= 15 is 0 Å². The van der Waals surface area contributed by atoms with Gasteiger partial charge < -0.3 is 9.32 Å². The van der Waals surface area contributed by atoms with Crippen LogP contribution in [0.4, 0.5) is 17.1 Å². The normalized spacial score (nSPS) is 14.7. The minimum absolute atomic E-state index is 0.0567. The fourth-order valence-electron chi connectivity index (χ4n) is 7.59. The molecule has 47 heavy (non-hydrogen) atoms. The molecule has 7 aromatic rings. The monoisotopic (exact) mass is 609 g/mol. The number of aryl methyl sites for hydroxylation is 1. The Kier molecular flexibility index (Phi) is 7.29. The smallest absolute Gasteiger partial charge is 0.159 e. The van der Waals surface area contributed by atoms with Crippen molar-refractivity contribution in [3.05, 3.63) is 163 Å². The van der Waals surface area contributed by atoms with Crippen LogP contribution in [0.2, 0.25) is 0 Å². The van der Waals surface area contributed by atoms with Crippen LogP contribution in [0.15, 0.2) is 156 Å². The first kappa shape index (κ1) is 29.1. The molecule has 1 aliphatic carbocycles. The molecule has 0 saturated carbocycles. The van der Waals surface area contributed by atoms with Crippen LogP contribution in [0.25, 0.3) is 43.8 Å². The van der Waals surface area contributed by atoms with E-state index in [2.05, 4.69) is 171 Å². The Labute approximate surface area is 277 Å². The van der Waals surface area contributed by atoms with E-state index < -0.39 is 0 Å². The van der Waals surface area contributed by atoms with Crippen molar-refractivity contribution in [2.24, 2.45) is 5.92 Å². The average molecular weight is 610 g/mol. The highest BCUT2D eigenvalue weighted by atomic mass is 16.3. The standard InChI is InChI=1S/C45H39NO/c1-4-31-26-27-34(30-40(31)45(2,3)33-18-9-6-10-19-33)46(42-24-15-23-39-38-22-13-14-25-43(38)47-44(39)42)41-29-28-35(32-16-7-5-8-17-32)36-20-11-12-21-37(36)41/h5-18,20-30,33H,4,19H2,1-3H3. The third kappa shape index (κ3) is 4.96. The Bertz CT molecular complexity index is 2300. The van der Waals surface area contributed by atoms with Crippen molar-refractivity contribution in [3.63, 3.8) is 0 Å². The largest absolute Gasteiger partial charge is 0.454 e. The topological polar surface area (TPSA) is 16.4 Å². The summed E-state index contributed by atoms with van der Waals surface area (Å²) in [5.41, 5.74) is 10.3. The molecule has 2 nitrogen and oxygen atoms in total. The SMILES string of the molecule is CCc1ccc(N(c2ccc(-c3ccccc3)c3ccccc23)c2cccc3c2oc2ccccc23)cc1C(C)(C)C1C=CC=CC1. The van der Waals surface area contributed by atoms with E-state index in [0.717, 1.165) is 51.8 Å². The molecule has 0 fully saturated rings. The molecule has 0 N–H and O–H groups in total. The summed E-state index contributed by atoms with van der Waals surface area (Å²) in [4.78, 5) is 2.43. The first-order chi connectivity index (χ1) is 23.0. The Morgan fingerprint density at radius 1 is 0.681 bits per heavy atom. The van der Waals surface area contributed by atoms with Gasteiger partial charge in [0.1, 0.15) is 5.58 Å². The predicted molar refractivity (Wildman–Crippen MR) is 200 cm³/mol. The molecule has 0 saturated heterocycles. The van der Waals surface area contributed by atoms with Crippen molar-refractivity contribution < 1.29 is 4.42 Å². The number of fused-ring (bicyclic) bond motifs is 4. The van der Waals surface area contributed by atoms with E-state index in [1.54, 1.807) is 0 Å². The lowest BCUT2D eigenvalue weighted by Gasteiger charge is -2.36. The molecule has 230 valence electrons. The number of rotatable bonds is 7. The van der Waals surface area contributed by atoms with Crippen molar-refractivity contribution >= 4 is 49.8 Å². The van der Waals surface area contributed by atoms with Gasteiger partial charge in [0.2, 0.25) is 0 Å². The maximum Gasteiger partial charge on any atom is 0.159 e. The molecule has 0 aliphatic heterocycles. The predicted octanol–water partition coefficient (Wildman–Crippen LogP) is 12.8. The Balaban J connectivity index is 1.41. The zero-order chi connectivity index (χ0) is 32.0. The fraction of sp³-hybridized carbons (Fsp3) is 0.156. The van der Waals surface area contributed by atoms with Crippen molar-refractivity contribution in [2.45, 2.75) is 39.0 Å². The van der Waals surface area contributed by atoms with Gasteiger partial charge in [-0.2, -0.15) is 0 Å². The molecule has 8 rings (SSSR count). The van der Waals surface area contributed by atoms with Crippen LogP contribution >= 0.6 is 0 Å². The molecular formula is C45H39NO. The molecule has 2 heteroatoms.